The maximum atomic E-state index is 3.51. The number of aryl methyl sites for hydroxylation is 1. The van der Waals surface area contributed by atoms with Crippen LogP contribution in [0.25, 0.3) is 55.2 Å². The summed E-state index contributed by atoms with van der Waals surface area (Å²) >= 11 is 0. The lowest BCUT2D eigenvalue weighted by molar-refractivity contribution is 0.793. The van der Waals surface area contributed by atoms with E-state index in [2.05, 4.69) is 211 Å². The van der Waals surface area contributed by atoms with Gasteiger partial charge in [0.1, 0.15) is 0 Å². The van der Waals surface area contributed by atoms with Gasteiger partial charge in [0, 0.05) is 45.9 Å². The van der Waals surface area contributed by atoms with Gasteiger partial charge in [0.2, 0.25) is 0 Å². The molecule has 0 fully saturated rings. The van der Waals surface area contributed by atoms with E-state index in [1.165, 1.54) is 77.4 Å². The Kier molecular flexibility index (Phi) is 9.03. The van der Waals surface area contributed by atoms with E-state index in [0.29, 0.717) is 0 Å². The van der Waals surface area contributed by atoms with E-state index >= 15 is 0 Å². The Bertz CT molecular complexity index is 3020. The van der Waals surface area contributed by atoms with Crippen LogP contribution in [0.3, 0.4) is 0 Å². The number of hydrogen-bond acceptors (Lipinski definition) is 1. The highest BCUT2D eigenvalue weighted by molar-refractivity contribution is 6.09. The molecule has 2 aliphatic carbocycles. The lowest BCUT2D eigenvalue weighted by atomic mass is 9.70. The number of benzene rings is 8. The van der Waals surface area contributed by atoms with Crippen LogP contribution >= 0.6 is 0 Å². The first kappa shape index (κ1) is 36.0. The summed E-state index contributed by atoms with van der Waals surface area (Å²) in [6, 6.07) is 69.5. The molecule has 11 rings (SSSR count). The fourth-order valence-corrected chi connectivity index (χ4v) is 9.65. The van der Waals surface area contributed by atoms with Crippen molar-refractivity contribution in [2.24, 2.45) is 7.05 Å². The molecule has 0 unspecified atom stereocenters. The van der Waals surface area contributed by atoms with E-state index in [1.54, 1.807) is 6.08 Å². The van der Waals surface area contributed by atoms with E-state index in [-0.39, 0.29) is 5.41 Å². The SMILES string of the molecule is C=C/C=C\C=C/C.Cn1c2ccccc2c2cc(-c3ccc(N(c4ccccc4)c4ccc5c(c4)C4(c6ccccc6-c6ccccc64)c4ccccc4-5)cc3)ccc21. The number of anilines is 3. The molecule has 0 N–H and O–H groups in total. The highest BCUT2D eigenvalue weighted by Gasteiger charge is 2.51. The topological polar surface area (TPSA) is 8.17 Å². The van der Waals surface area contributed by atoms with Crippen LogP contribution < -0.4 is 4.90 Å². The molecule has 9 aromatic rings. The molecule has 0 saturated carbocycles. The highest BCUT2D eigenvalue weighted by Crippen LogP contribution is 2.63. The lowest BCUT2D eigenvalue weighted by Crippen LogP contribution is -2.26. The molecule has 0 aliphatic heterocycles. The van der Waals surface area contributed by atoms with Gasteiger partial charge in [-0.05, 0) is 117 Å². The summed E-state index contributed by atoms with van der Waals surface area (Å²) in [5.41, 5.74) is 18.6. The zero-order valence-corrected chi connectivity index (χ0v) is 33.4. The van der Waals surface area contributed by atoms with E-state index in [1.807, 2.05) is 31.2 Å². The summed E-state index contributed by atoms with van der Waals surface area (Å²) in [7, 11) is 2.15. The van der Waals surface area contributed by atoms with Crippen LogP contribution in [0.5, 0.6) is 0 Å². The van der Waals surface area contributed by atoms with Crippen LogP contribution in [-0.2, 0) is 12.5 Å². The summed E-state index contributed by atoms with van der Waals surface area (Å²) in [6.07, 6.45) is 9.51. The molecule has 282 valence electrons. The van der Waals surface area contributed by atoms with Crippen LogP contribution in [0.4, 0.5) is 17.1 Å². The maximum Gasteiger partial charge on any atom is 0.0726 e. The summed E-state index contributed by atoms with van der Waals surface area (Å²) < 4.78 is 2.29. The molecule has 2 nitrogen and oxygen atoms in total. The molecule has 1 aromatic heterocycles. The van der Waals surface area contributed by atoms with Gasteiger partial charge in [-0.1, -0.05) is 170 Å². The second-order valence-electron chi connectivity index (χ2n) is 15.3. The molecule has 2 aliphatic rings. The summed E-state index contributed by atoms with van der Waals surface area (Å²) in [6.45, 7) is 5.49. The molecule has 1 spiro atoms. The van der Waals surface area contributed by atoms with Gasteiger partial charge < -0.3 is 9.47 Å². The molecule has 0 amide bonds. The zero-order valence-electron chi connectivity index (χ0n) is 33.4. The smallest absolute Gasteiger partial charge is 0.0726 e. The van der Waals surface area contributed by atoms with Crippen molar-refractivity contribution in [3.63, 3.8) is 0 Å². The van der Waals surface area contributed by atoms with E-state index in [9.17, 15) is 0 Å². The quantitative estimate of drug-likeness (QED) is 0.153. The third-order valence-corrected chi connectivity index (χ3v) is 12.2. The largest absolute Gasteiger partial charge is 0.344 e. The third kappa shape index (κ3) is 5.71. The second-order valence-corrected chi connectivity index (χ2v) is 15.3. The number of aromatic nitrogens is 1. The first-order chi connectivity index (χ1) is 29.1. The van der Waals surface area contributed by atoms with Crippen molar-refractivity contribution in [2.75, 3.05) is 4.90 Å². The Morgan fingerprint density at radius 3 is 1.61 bits per heavy atom. The molecule has 59 heavy (non-hydrogen) atoms. The van der Waals surface area contributed by atoms with Crippen molar-refractivity contribution in [3.8, 4) is 33.4 Å². The minimum Gasteiger partial charge on any atom is -0.344 e. The van der Waals surface area contributed by atoms with Crippen LogP contribution in [0.1, 0.15) is 29.2 Å². The highest BCUT2D eigenvalue weighted by atomic mass is 15.1. The number of fused-ring (bicyclic) bond motifs is 13. The molecule has 2 heteroatoms. The Morgan fingerprint density at radius 1 is 0.441 bits per heavy atom. The second kappa shape index (κ2) is 14.8. The predicted molar refractivity (Wildman–Crippen MR) is 251 cm³/mol. The van der Waals surface area contributed by atoms with Gasteiger partial charge in [0.15, 0.2) is 0 Å². The Morgan fingerprint density at radius 2 is 0.966 bits per heavy atom. The molecular weight excluding hydrogens is 713 g/mol. The van der Waals surface area contributed by atoms with Crippen LogP contribution in [0.15, 0.2) is 225 Å². The first-order valence-corrected chi connectivity index (χ1v) is 20.4. The van der Waals surface area contributed by atoms with Gasteiger partial charge >= 0.3 is 0 Å². The predicted octanol–water partition coefficient (Wildman–Crippen LogP) is 15.1. The lowest BCUT2D eigenvalue weighted by Gasteiger charge is -2.32. The molecule has 0 radical (unpaired) electrons. The fourth-order valence-electron chi connectivity index (χ4n) is 9.65. The Hall–Kier alpha value is -7.42. The number of nitrogens with zero attached hydrogens (tertiary/aromatic N) is 2. The van der Waals surface area contributed by atoms with Gasteiger partial charge in [0.25, 0.3) is 0 Å². The van der Waals surface area contributed by atoms with Crippen LogP contribution in [0.2, 0.25) is 0 Å². The van der Waals surface area contributed by atoms with Crippen molar-refractivity contribution in [2.45, 2.75) is 12.3 Å². The average molecular weight is 757 g/mol. The fraction of sp³-hybridized carbons (Fsp3) is 0.0526. The number of rotatable bonds is 6. The van der Waals surface area contributed by atoms with Gasteiger partial charge in [-0.3, -0.25) is 0 Å². The zero-order chi connectivity index (χ0) is 39.9. The molecule has 0 bridgehead atoms. The van der Waals surface area contributed by atoms with Gasteiger partial charge in [-0.15, -0.1) is 0 Å². The maximum absolute atomic E-state index is 3.51. The number of hydrogen-bond donors (Lipinski definition) is 0. The summed E-state index contributed by atoms with van der Waals surface area (Å²) in [5, 5.41) is 2.58. The van der Waals surface area contributed by atoms with Crippen molar-refractivity contribution >= 4 is 38.9 Å². The van der Waals surface area contributed by atoms with Gasteiger partial charge in [-0.25, -0.2) is 0 Å². The molecule has 8 aromatic carbocycles. The standard InChI is InChI=1S/C50H34N2.C7H10/c1-51-48-22-12-8-18-42(48)43-31-34(25-30-49(43)51)33-23-26-36(27-24-33)52(35-13-3-2-4-14-35)37-28-29-41-40-17-7-11-21-46(40)50(47(41)32-37)44-19-9-5-15-38(44)39-16-6-10-20-45(39)50;1-3-5-7-6-4-2/h2-32H,1H3;3-7H,1H2,2H3/b;6-4-,7-5-. The molecule has 0 saturated heterocycles. The minimum atomic E-state index is -0.387. The van der Waals surface area contributed by atoms with Crippen molar-refractivity contribution in [3.05, 3.63) is 247 Å². The molecule has 1 heterocycles. The van der Waals surface area contributed by atoms with Crippen molar-refractivity contribution in [1.82, 2.24) is 4.57 Å². The average Bonchev–Trinajstić information content (AvgIpc) is 3.88. The monoisotopic (exact) mass is 756 g/mol. The summed E-state index contributed by atoms with van der Waals surface area (Å²) in [4.78, 5) is 2.40. The van der Waals surface area contributed by atoms with Gasteiger partial charge in [0.05, 0.1) is 5.41 Å². The Balaban J connectivity index is 0.000000555. The molecule has 0 atom stereocenters. The normalized spacial score (nSPS) is 13.0. The van der Waals surface area contributed by atoms with Gasteiger partial charge in [-0.2, -0.15) is 0 Å². The van der Waals surface area contributed by atoms with Crippen LogP contribution in [-0.4, -0.2) is 4.57 Å². The molecular formula is C57H44N2. The number of para-hydroxylation sites is 2. The van der Waals surface area contributed by atoms with E-state index < -0.39 is 0 Å². The number of allylic oxidation sites excluding steroid dienone is 5. The van der Waals surface area contributed by atoms with Crippen LogP contribution in [0, 0.1) is 0 Å². The summed E-state index contributed by atoms with van der Waals surface area (Å²) in [5.74, 6) is 0. The third-order valence-electron chi connectivity index (χ3n) is 12.2. The minimum absolute atomic E-state index is 0.387. The van der Waals surface area contributed by atoms with Crippen molar-refractivity contribution in [1.29, 1.82) is 0 Å². The Labute approximate surface area is 347 Å². The van der Waals surface area contributed by atoms with E-state index in [0.717, 1.165) is 17.1 Å². The van der Waals surface area contributed by atoms with E-state index in [4.69, 9.17) is 0 Å². The van der Waals surface area contributed by atoms with Crippen molar-refractivity contribution < 1.29 is 0 Å². The first-order valence-electron chi connectivity index (χ1n) is 20.4.